The first-order valence-electron chi connectivity index (χ1n) is 7.25. The maximum absolute atomic E-state index is 12.0. The second-order valence-corrected chi connectivity index (χ2v) is 6.80. The lowest BCUT2D eigenvalue weighted by Crippen LogP contribution is -2.15. The van der Waals surface area contributed by atoms with Gasteiger partial charge in [-0.3, -0.25) is 9.78 Å². The molecule has 0 bridgehead atoms. The smallest absolute Gasteiger partial charge is 0.139 e. The lowest BCUT2D eigenvalue weighted by atomic mass is 9.83. The molecule has 1 heterocycles. The predicted octanol–water partition coefficient (Wildman–Crippen LogP) is 4.22. The third-order valence-corrected chi connectivity index (χ3v) is 3.21. The molecule has 0 saturated heterocycles. The summed E-state index contributed by atoms with van der Waals surface area (Å²) in [7, 11) is 0. The van der Waals surface area contributed by atoms with Crippen LogP contribution in [0.4, 0.5) is 0 Å². The van der Waals surface area contributed by atoms with Crippen molar-refractivity contribution in [3.8, 4) is 0 Å². The van der Waals surface area contributed by atoms with Gasteiger partial charge in [0.2, 0.25) is 0 Å². The van der Waals surface area contributed by atoms with Crippen LogP contribution in [0, 0.1) is 11.3 Å². The molecular formula is C17H27NO. The molecule has 1 rings (SSSR count). The number of aryl methyl sites for hydroxylation is 1. The van der Waals surface area contributed by atoms with Crippen LogP contribution < -0.4 is 0 Å². The third kappa shape index (κ3) is 6.51. The Kier molecular flexibility index (Phi) is 5.71. The van der Waals surface area contributed by atoms with Gasteiger partial charge in [0.25, 0.3) is 0 Å². The summed E-state index contributed by atoms with van der Waals surface area (Å²) >= 11 is 0. The van der Waals surface area contributed by atoms with E-state index >= 15 is 0 Å². The Balaban J connectivity index is 2.46. The molecule has 0 aliphatic rings. The van der Waals surface area contributed by atoms with Gasteiger partial charge in [-0.2, -0.15) is 0 Å². The summed E-state index contributed by atoms with van der Waals surface area (Å²) in [5.74, 6) is 0.746. The normalized spacial score (nSPS) is 13.3. The summed E-state index contributed by atoms with van der Waals surface area (Å²) in [6, 6.07) is 4.04. The maximum Gasteiger partial charge on any atom is 0.139 e. The molecule has 0 spiro atoms. The number of Topliss-reactive ketones (excluding diaryl/α,β-unsaturated/α-hetero) is 1. The van der Waals surface area contributed by atoms with Crippen LogP contribution in [0.3, 0.4) is 0 Å². The number of hydrogen-bond donors (Lipinski definition) is 0. The highest BCUT2D eigenvalue weighted by Gasteiger charge is 2.18. The van der Waals surface area contributed by atoms with E-state index in [2.05, 4.69) is 45.7 Å². The van der Waals surface area contributed by atoms with E-state index in [0.717, 1.165) is 18.5 Å². The van der Waals surface area contributed by atoms with Gasteiger partial charge < -0.3 is 0 Å². The fourth-order valence-electron chi connectivity index (χ4n) is 2.55. The number of aromatic nitrogens is 1. The molecule has 1 aromatic rings. The summed E-state index contributed by atoms with van der Waals surface area (Å²) in [5.41, 5.74) is 2.41. The van der Waals surface area contributed by atoms with Gasteiger partial charge >= 0.3 is 0 Å². The Morgan fingerprint density at radius 3 is 2.47 bits per heavy atom. The average Bonchev–Trinajstić information content (AvgIpc) is 2.27. The fraction of sp³-hybridized carbons (Fsp3) is 0.647. The molecule has 0 aliphatic carbocycles. The van der Waals surface area contributed by atoms with Crippen LogP contribution in [-0.2, 0) is 17.6 Å². The number of nitrogens with zero attached hydrogens (tertiary/aromatic N) is 1. The minimum Gasteiger partial charge on any atom is -0.299 e. The first kappa shape index (κ1) is 15.9. The van der Waals surface area contributed by atoms with Crippen molar-refractivity contribution in [2.45, 2.75) is 60.3 Å². The quantitative estimate of drug-likeness (QED) is 0.767. The van der Waals surface area contributed by atoms with Gasteiger partial charge in [0.15, 0.2) is 0 Å². The van der Waals surface area contributed by atoms with Crippen molar-refractivity contribution < 1.29 is 4.79 Å². The Bertz CT molecular complexity index is 400. The van der Waals surface area contributed by atoms with E-state index < -0.39 is 0 Å². The van der Waals surface area contributed by atoms with E-state index in [1.165, 1.54) is 5.56 Å². The molecule has 0 radical (unpaired) electrons. The maximum atomic E-state index is 12.0. The Hall–Kier alpha value is -1.18. The van der Waals surface area contributed by atoms with Gasteiger partial charge in [-0.15, -0.1) is 0 Å². The highest BCUT2D eigenvalue weighted by molar-refractivity contribution is 5.80. The summed E-state index contributed by atoms with van der Waals surface area (Å²) in [6.07, 6.45) is 5.08. The molecule has 0 saturated carbocycles. The summed E-state index contributed by atoms with van der Waals surface area (Å²) < 4.78 is 0. The van der Waals surface area contributed by atoms with E-state index in [1.54, 1.807) is 0 Å². The van der Waals surface area contributed by atoms with Crippen molar-refractivity contribution >= 4 is 5.78 Å². The average molecular weight is 261 g/mol. The number of hydrogen-bond acceptors (Lipinski definition) is 2. The largest absolute Gasteiger partial charge is 0.299 e. The Morgan fingerprint density at radius 2 is 2.00 bits per heavy atom. The van der Waals surface area contributed by atoms with Crippen molar-refractivity contribution in [2.24, 2.45) is 11.3 Å². The van der Waals surface area contributed by atoms with E-state index in [4.69, 9.17) is 0 Å². The van der Waals surface area contributed by atoms with Crippen molar-refractivity contribution in [1.29, 1.82) is 0 Å². The number of ketones is 1. The summed E-state index contributed by atoms with van der Waals surface area (Å²) in [4.78, 5) is 16.4. The number of carbonyl (C=O) groups is 1. The van der Waals surface area contributed by atoms with Crippen molar-refractivity contribution in [3.05, 3.63) is 29.6 Å². The lowest BCUT2D eigenvalue weighted by molar-refractivity contribution is -0.119. The molecule has 0 fully saturated rings. The first-order valence-corrected chi connectivity index (χ1v) is 7.25. The monoisotopic (exact) mass is 261 g/mol. The van der Waals surface area contributed by atoms with E-state index in [9.17, 15) is 4.79 Å². The lowest BCUT2D eigenvalue weighted by Gasteiger charge is -2.22. The molecule has 1 unspecified atom stereocenters. The van der Waals surface area contributed by atoms with Crippen LogP contribution >= 0.6 is 0 Å². The molecule has 0 aromatic carbocycles. The summed E-state index contributed by atoms with van der Waals surface area (Å²) in [6.45, 7) is 10.9. The molecule has 2 heteroatoms. The zero-order valence-electron chi connectivity index (χ0n) is 13.0. The molecular weight excluding hydrogens is 234 g/mol. The second kappa shape index (κ2) is 6.83. The molecule has 106 valence electrons. The zero-order chi connectivity index (χ0) is 14.5. The van der Waals surface area contributed by atoms with Crippen molar-refractivity contribution in [1.82, 2.24) is 4.98 Å². The Morgan fingerprint density at radius 1 is 1.32 bits per heavy atom. The van der Waals surface area contributed by atoms with Crippen LogP contribution in [0.5, 0.6) is 0 Å². The molecule has 0 amide bonds. The van der Waals surface area contributed by atoms with E-state index in [-0.39, 0.29) is 0 Å². The number of rotatable bonds is 6. The van der Waals surface area contributed by atoms with E-state index in [0.29, 0.717) is 30.0 Å². The molecule has 1 aromatic heterocycles. The first-order chi connectivity index (χ1) is 8.80. The fourth-order valence-corrected chi connectivity index (χ4v) is 2.55. The highest BCUT2D eigenvalue weighted by atomic mass is 16.1. The summed E-state index contributed by atoms with van der Waals surface area (Å²) in [5, 5.41) is 0. The number of pyridine rings is 1. The van der Waals surface area contributed by atoms with Crippen molar-refractivity contribution in [2.75, 3.05) is 0 Å². The van der Waals surface area contributed by atoms with Gasteiger partial charge in [0.1, 0.15) is 5.78 Å². The van der Waals surface area contributed by atoms with E-state index in [1.807, 2.05) is 12.3 Å². The number of carbonyl (C=O) groups excluding carboxylic acids is 1. The minimum atomic E-state index is 0.292. The molecule has 0 aliphatic heterocycles. The molecule has 19 heavy (non-hydrogen) atoms. The van der Waals surface area contributed by atoms with Crippen LogP contribution in [0.1, 0.15) is 58.7 Å². The van der Waals surface area contributed by atoms with Crippen LogP contribution in [-0.4, -0.2) is 10.8 Å². The Labute approximate surface area is 117 Å². The standard InChI is InChI=1S/C17H27NO/c1-6-14-7-8-15(18-12-14)10-16(19)9-13(2)11-17(3,4)5/h7-8,12-13H,6,9-11H2,1-5H3. The SMILES string of the molecule is CCc1ccc(CC(=O)CC(C)CC(C)(C)C)nc1. The zero-order valence-corrected chi connectivity index (χ0v) is 13.0. The molecule has 0 N–H and O–H groups in total. The molecule has 1 atom stereocenters. The van der Waals surface area contributed by atoms with Crippen LogP contribution in [0.15, 0.2) is 18.3 Å². The van der Waals surface area contributed by atoms with Crippen LogP contribution in [0.2, 0.25) is 0 Å². The third-order valence-electron chi connectivity index (χ3n) is 3.21. The van der Waals surface area contributed by atoms with Gasteiger partial charge in [-0.1, -0.05) is 40.7 Å². The van der Waals surface area contributed by atoms with Gasteiger partial charge in [0, 0.05) is 24.7 Å². The predicted molar refractivity (Wildman–Crippen MR) is 80.2 cm³/mol. The van der Waals surface area contributed by atoms with Gasteiger partial charge in [0.05, 0.1) is 0 Å². The van der Waals surface area contributed by atoms with Gasteiger partial charge in [-0.25, -0.2) is 0 Å². The van der Waals surface area contributed by atoms with Crippen molar-refractivity contribution in [3.63, 3.8) is 0 Å². The second-order valence-electron chi connectivity index (χ2n) is 6.80. The topological polar surface area (TPSA) is 30.0 Å². The van der Waals surface area contributed by atoms with Crippen LogP contribution in [0.25, 0.3) is 0 Å². The highest BCUT2D eigenvalue weighted by Crippen LogP contribution is 2.26. The molecule has 2 nitrogen and oxygen atoms in total. The minimum absolute atomic E-state index is 0.292. The van der Waals surface area contributed by atoms with Gasteiger partial charge in [-0.05, 0) is 35.8 Å².